The molecule has 0 aromatic heterocycles. The van der Waals surface area contributed by atoms with Gasteiger partial charge >= 0.3 is 0 Å². The Labute approximate surface area is 127 Å². The first-order valence-corrected chi connectivity index (χ1v) is 8.75. The maximum Gasteiger partial charge on any atom is 0.244 e. The molecule has 1 aromatic rings. The van der Waals surface area contributed by atoms with Gasteiger partial charge in [0.15, 0.2) is 0 Å². The van der Waals surface area contributed by atoms with Crippen molar-refractivity contribution in [1.82, 2.24) is 4.31 Å². The highest BCUT2D eigenvalue weighted by molar-refractivity contribution is 7.89. The molecule has 0 radical (unpaired) electrons. The first-order chi connectivity index (χ1) is 9.84. The minimum absolute atomic E-state index is 0.105. The maximum atomic E-state index is 12.3. The van der Waals surface area contributed by atoms with Crippen LogP contribution in [-0.4, -0.2) is 32.9 Å². The summed E-state index contributed by atoms with van der Waals surface area (Å²) in [4.78, 5) is 0.105. The first kappa shape index (κ1) is 16.1. The molecule has 0 heterocycles. The van der Waals surface area contributed by atoms with E-state index in [0.717, 1.165) is 23.6 Å². The van der Waals surface area contributed by atoms with Gasteiger partial charge in [-0.2, -0.15) is 0 Å². The lowest BCUT2D eigenvalue weighted by molar-refractivity contribution is 0.103. The Kier molecular flexibility index (Phi) is 4.78. The minimum Gasteiger partial charge on any atom is -0.488 e. The molecular weight excluding hydrogens is 288 g/mol. The van der Waals surface area contributed by atoms with E-state index in [9.17, 15) is 8.42 Å². The fourth-order valence-electron chi connectivity index (χ4n) is 2.67. The third-order valence-electron chi connectivity index (χ3n) is 4.10. The predicted octanol–water partition coefficient (Wildman–Crippen LogP) is 2.48. The van der Waals surface area contributed by atoms with E-state index in [4.69, 9.17) is 10.5 Å². The van der Waals surface area contributed by atoms with E-state index in [-0.39, 0.29) is 16.7 Å². The zero-order valence-corrected chi connectivity index (χ0v) is 13.7. The minimum atomic E-state index is -3.56. The van der Waals surface area contributed by atoms with Crippen LogP contribution < -0.4 is 10.5 Å². The van der Waals surface area contributed by atoms with E-state index in [1.54, 1.807) is 12.1 Å². The lowest BCUT2D eigenvalue weighted by Gasteiger charge is -2.30. The number of anilines is 1. The van der Waals surface area contributed by atoms with Crippen molar-refractivity contribution in [3.63, 3.8) is 0 Å². The van der Waals surface area contributed by atoms with Crippen LogP contribution in [0.1, 0.15) is 32.6 Å². The van der Waals surface area contributed by atoms with Crippen LogP contribution in [0.4, 0.5) is 5.69 Å². The summed E-state index contributed by atoms with van der Waals surface area (Å²) in [5.74, 6) is 0.934. The summed E-state index contributed by atoms with van der Waals surface area (Å²) >= 11 is 0. The van der Waals surface area contributed by atoms with Gasteiger partial charge < -0.3 is 10.5 Å². The summed E-state index contributed by atoms with van der Waals surface area (Å²) in [7, 11) is -0.573. The van der Waals surface area contributed by atoms with Crippen LogP contribution in [0, 0.1) is 5.92 Å². The van der Waals surface area contributed by atoms with Gasteiger partial charge in [0.05, 0.1) is 5.69 Å². The number of rotatable bonds is 4. The number of sulfonamides is 1. The molecule has 1 aliphatic carbocycles. The molecule has 2 N–H and O–H groups in total. The van der Waals surface area contributed by atoms with Crippen LogP contribution in [0.2, 0.25) is 0 Å². The van der Waals surface area contributed by atoms with Crippen LogP contribution in [-0.2, 0) is 10.0 Å². The lowest BCUT2D eigenvalue weighted by Crippen LogP contribution is -2.29. The fourth-order valence-corrected chi connectivity index (χ4v) is 3.69. The van der Waals surface area contributed by atoms with Crippen LogP contribution in [0.15, 0.2) is 23.1 Å². The quantitative estimate of drug-likeness (QED) is 0.867. The number of para-hydroxylation sites is 1. The molecule has 0 saturated heterocycles. The first-order valence-electron chi connectivity index (χ1n) is 7.31. The number of hydrogen-bond acceptors (Lipinski definition) is 4. The van der Waals surface area contributed by atoms with Crippen molar-refractivity contribution in [3.05, 3.63) is 18.2 Å². The smallest absolute Gasteiger partial charge is 0.244 e. The van der Waals surface area contributed by atoms with Crippen LogP contribution in [0.3, 0.4) is 0 Å². The van der Waals surface area contributed by atoms with E-state index in [0.29, 0.717) is 11.7 Å². The average Bonchev–Trinajstić information content (AvgIpc) is 2.43. The predicted molar refractivity (Wildman–Crippen MR) is 83.8 cm³/mol. The largest absolute Gasteiger partial charge is 0.488 e. The molecule has 1 aromatic carbocycles. The third kappa shape index (κ3) is 3.32. The molecule has 2 atom stereocenters. The monoisotopic (exact) mass is 312 g/mol. The summed E-state index contributed by atoms with van der Waals surface area (Å²) in [6.45, 7) is 2.17. The van der Waals surface area contributed by atoms with Crippen LogP contribution >= 0.6 is 0 Å². The molecule has 2 rings (SSSR count). The Morgan fingerprint density at radius 3 is 2.52 bits per heavy atom. The fraction of sp³-hybridized carbons (Fsp3) is 0.600. The highest BCUT2D eigenvalue weighted by Gasteiger charge is 2.26. The Bertz CT molecular complexity index is 599. The van der Waals surface area contributed by atoms with Crippen molar-refractivity contribution in [2.45, 2.75) is 43.6 Å². The number of nitrogen functional groups attached to an aromatic ring is 1. The van der Waals surface area contributed by atoms with Crippen LogP contribution in [0.25, 0.3) is 0 Å². The molecule has 0 bridgehead atoms. The van der Waals surface area contributed by atoms with Gasteiger partial charge in [-0.1, -0.05) is 19.4 Å². The molecule has 1 aliphatic rings. The second-order valence-electron chi connectivity index (χ2n) is 5.87. The molecule has 6 heteroatoms. The molecule has 118 valence electrons. The van der Waals surface area contributed by atoms with Crippen molar-refractivity contribution in [3.8, 4) is 5.75 Å². The maximum absolute atomic E-state index is 12.3. The normalized spacial score (nSPS) is 23.2. The molecular formula is C15H24N2O3S. The van der Waals surface area contributed by atoms with Crippen molar-refractivity contribution in [2.24, 2.45) is 5.92 Å². The Hall–Kier alpha value is -1.27. The van der Waals surface area contributed by atoms with Crippen molar-refractivity contribution in [1.29, 1.82) is 0 Å². The van der Waals surface area contributed by atoms with Gasteiger partial charge in [0, 0.05) is 14.1 Å². The number of benzene rings is 1. The third-order valence-corrected chi connectivity index (χ3v) is 5.97. The second kappa shape index (κ2) is 6.23. The van der Waals surface area contributed by atoms with Gasteiger partial charge in [0.25, 0.3) is 0 Å². The van der Waals surface area contributed by atoms with E-state index >= 15 is 0 Å². The molecule has 2 unspecified atom stereocenters. The standard InChI is InChI=1S/C15H24N2O3S/c1-11-7-4-5-8-12(11)20-13-9-6-10-14(15(13)16)21(18,19)17(2)3/h6,9-12H,4-5,7-8,16H2,1-3H3. The lowest BCUT2D eigenvalue weighted by atomic mass is 9.88. The Morgan fingerprint density at radius 1 is 1.24 bits per heavy atom. The molecule has 1 saturated carbocycles. The molecule has 0 spiro atoms. The SMILES string of the molecule is CC1CCCCC1Oc1cccc(S(=O)(=O)N(C)C)c1N. The Morgan fingerprint density at radius 2 is 1.90 bits per heavy atom. The van der Waals surface area contributed by atoms with Gasteiger partial charge in [-0.05, 0) is 37.3 Å². The molecule has 5 nitrogen and oxygen atoms in total. The van der Waals surface area contributed by atoms with Gasteiger partial charge in [-0.25, -0.2) is 12.7 Å². The highest BCUT2D eigenvalue weighted by atomic mass is 32.2. The summed E-state index contributed by atoms with van der Waals surface area (Å²) in [5, 5.41) is 0. The summed E-state index contributed by atoms with van der Waals surface area (Å²) in [6.07, 6.45) is 4.61. The van der Waals surface area contributed by atoms with E-state index in [1.165, 1.54) is 26.6 Å². The Balaban J connectivity index is 2.30. The second-order valence-corrected chi connectivity index (χ2v) is 7.99. The zero-order valence-electron chi connectivity index (χ0n) is 12.9. The summed E-state index contributed by atoms with van der Waals surface area (Å²) in [6, 6.07) is 4.93. The van der Waals surface area contributed by atoms with E-state index in [2.05, 4.69) is 6.92 Å². The topological polar surface area (TPSA) is 72.6 Å². The van der Waals surface area contributed by atoms with Gasteiger partial charge in [-0.15, -0.1) is 0 Å². The zero-order chi connectivity index (χ0) is 15.6. The van der Waals surface area contributed by atoms with Gasteiger partial charge in [0.2, 0.25) is 10.0 Å². The van der Waals surface area contributed by atoms with Crippen LogP contribution in [0.5, 0.6) is 5.75 Å². The van der Waals surface area contributed by atoms with Crippen molar-refractivity contribution >= 4 is 15.7 Å². The van der Waals surface area contributed by atoms with E-state index in [1.807, 2.05) is 0 Å². The van der Waals surface area contributed by atoms with Gasteiger partial charge in [0.1, 0.15) is 16.7 Å². The summed E-state index contributed by atoms with van der Waals surface area (Å²) < 4.78 is 31.7. The number of ether oxygens (including phenoxy) is 1. The molecule has 0 aliphatic heterocycles. The molecule has 1 fully saturated rings. The van der Waals surface area contributed by atoms with E-state index < -0.39 is 10.0 Å². The van der Waals surface area contributed by atoms with Crippen molar-refractivity contribution < 1.29 is 13.2 Å². The average molecular weight is 312 g/mol. The molecule has 21 heavy (non-hydrogen) atoms. The van der Waals surface area contributed by atoms with Crippen molar-refractivity contribution in [2.75, 3.05) is 19.8 Å². The van der Waals surface area contributed by atoms with Gasteiger partial charge in [-0.3, -0.25) is 0 Å². The highest BCUT2D eigenvalue weighted by Crippen LogP contribution is 2.34. The number of nitrogens with zero attached hydrogens (tertiary/aromatic N) is 1. The number of nitrogens with two attached hydrogens (primary N) is 1. The molecule has 0 amide bonds. The summed E-state index contributed by atoms with van der Waals surface area (Å²) in [5.41, 5.74) is 6.24. The number of hydrogen-bond donors (Lipinski definition) is 1.